The number of rotatable bonds is 10. The fraction of sp³-hybridized carbons (Fsp3) is 0.320. The third-order valence-corrected chi connectivity index (χ3v) is 5.18. The normalized spacial score (nSPS) is 12.1. The number of ether oxygens (including phenoxy) is 2. The average Bonchev–Trinajstić information content (AvgIpc) is 3.27. The number of nitrogens with zero attached hydrogens (tertiary/aromatic N) is 4. The van der Waals surface area contributed by atoms with Crippen LogP contribution >= 0.6 is 0 Å². The van der Waals surface area contributed by atoms with Gasteiger partial charge in [0.2, 0.25) is 5.88 Å². The van der Waals surface area contributed by atoms with Gasteiger partial charge in [0.05, 0.1) is 22.9 Å². The van der Waals surface area contributed by atoms with Crippen LogP contribution in [-0.2, 0) is 4.74 Å². The fourth-order valence-corrected chi connectivity index (χ4v) is 3.48. The summed E-state index contributed by atoms with van der Waals surface area (Å²) >= 11 is 0. The molecule has 1 atom stereocenters. The van der Waals surface area contributed by atoms with Gasteiger partial charge in [-0.2, -0.15) is 14.0 Å². The quantitative estimate of drug-likeness (QED) is 0.360. The van der Waals surface area contributed by atoms with Gasteiger partial charge in [0.15, 0.2) is 12.7 Å². The van der Waals surface area contributed by atoms with E-state index >= 15 is 0 Å². The Morgan fingerprint density at radius 1 is 1.18 bits per heavy atom. The molecule has 206 valence electrons. The van der Waals surface area contributed by atoms with Gasteiger partial charge >= 0.3 is 12.5 Å². The van der Waals surface area contributed by atoms with Gasteiger partial charge in [-0.05, 0) is 57.0 Å². The minimum absolute atomic E-state index is 0.0136. The topological polar surface area (TPSA) is 131 Å². The number of alkyl halides is 4. The van der Waals surface area contributed by atoms with E-state index in [1.54, 1.807) is 39.8 Å². The van der Waals surface area contributed by atoms with Crippen LogP contribution in [0.2, 0.25) is 0 Å². The van der Waals surface area contributed by atoms with Crippen molar-refractivity contribution >= 4 is 17.5 Å². The Bertz CT molecular complexity index is 1420. The smallest absolute Gasteiger partial charge is 0.409 e. The Morgan fingerprint density at radius 3 is 2.51 bits per heavy atom. The molecule has 0 aliphatic carbocycles. The summed E-state index contributed by atoms with van der Waals surface area (Å²) < 4.78 is 62.9. The molecule has 0 bridgehead atoms. The molecular weight excluding hydrogens is 524 g/mol. The number of hydrogen-bond donors (Lipinski definition) is 2. The molecule has 10 nitrogen and oxygen atoms in total. The number of carbonyl (C=O) groups excluding carboxylic acids is 2. The molecule has 0 spiro atoms. The van der Waals surface area contributed by atoms with Gasteiger partial charge in [-0.3, -0.25) is 9.59 Å². The minimum Gasteiger partial charge on any atom is -0.409 e. The van der Waals surface area contributed by atoms with Crippen LogP contribution in [0.25, 0.3) is 5.82 Å². The number of aromatic nitrogens is 3. The fourth-order valence-electron chi connectivity index (χ4n) is 3.48. The summed E-state index contributed by atoms with van der Waals surface area (Å²) in [6, 6.07) is 8.43. The van der Waals surface area contributed by atoms with Crippen LogP contribution in [0, 0.1) is 25.2 Å². The summed E-state index contributed by atoms with van der Waals surface area (Å²) in [4.78, 5) is 30.4. The van der Waals surface area contributed by atoms with Crippen molar-refractivity contribution in [1.29, 1.82) is 5.26 Å². The van der Waals surface area contributed by atoms with E-state index < -0.39 is 37.0 Å². The number of nitrogens with one attached hydrogen (secondary N) is 2. The zero-order chi connectivity index (χ0) is 28.9. The van der Waals surface area contributed by atoms with Crippen LogP contribution < -0.4 is 15.4 Å². The van der Waals surface area contributed by atoms with Crippen molar-refractivity contribution in [2.24, 2.45) is 0 Å². The van der Waals surface area contributed by atoms with Crippen LogP contribution in [0.3, 0.4) is 0 Å². The summed E-state index contributed by atoms with van der Waals surface area (Å²) in [5.74, 6) is -2.32. The van der Waals surface area contributed by atoms with Crippen molar-refractivity contribution in [3.63, 3.8) is 0 Å². The van der Waals surface area contributed by atoms with E-state index in [1.807, 2.05) is 6.07 Å². The summed E-state index contributed by atoms with van der Waals surface area (Å²) in [7, 11) is 0. The number of carbonyl (C=O) groups is 2. The first-order valence-corrected chi connectivity index (χ1v) is 11.4. The van der Waals surface area contributed by atoms with Crippen LogP contribution in [0.5, 0.6) is 5.88 Å². The molecule has 1 aromatic carbocycles. The molecule has 0 aliphatic rings. The van der Waals surface area contributed by atoms with Crippen LogP contribution in [0.15, 0.2) is 36.5 Å². The molecular formula is C25H24F4N6O4. The van der Waals surface area contributed by atoms with Crippen molar-refractivity contribution < 1.29 is 36.6 Å². The van der Waals surface area contributed by atoms with Gasteiger partial charge < -0.3 is 20.1 Å². The molecule has 14 heteroatoms. The molecule has 1 unspecified atom stereocenters. The van der Waals surface area contributed by atoms with Crippen molar-refractivity contribution in [1.82, 2.24) is 20.1 Å². The maximum absolute atomic E-state index is 14.1. The maximum atomic E-state index is 14.1. The van der Waals surface area contributed by atoms with Gasteiger partial charge in [0.1, 0.15) is 5.69 Å². The molecule has 0 aliphatic heterocycles. The Hall–Kier alpha value is -4.51. The van der Waals surface area contributed by atoms with E-state index in [2.05, 4.69) is 30.2 Å². The number of nitriles is 1. The molecule has 2 N–H and O–H groups in total. The molecule has 2 amide bonds. The zero-order valence-electron chi connectivity index (χ0n) is 21.3. The van der Waals surface area contributed by atoms with E-state index in [1.165, 1.54) is 18.3 Å². The number of amides is 2. The lowest BCUT2D eigenvalue weighted by Crippen LogP contribution is -2.38. The minimum atomic E-state index is -4.65. The SMILES string of the molecule is Cc1cccnc1-n1nc(OC(F)(F)C(F)OCF)cc1C(=O)Nc1c(C)cc(C#N)cc1C(=O)NC(C)C. The van der Waals surface area contributed by atoms with Gasteiger partial charge in [-0.15, -0.1) is 5.10 Å². The second-order valence-electron chi connectivity index (χ2n) is 8.59. The maximum Gasteiger partial charge on any atom is 0.457 e. The number of aryl methyl sites for hydroxylation is 2. The Kier molecular flexibility index (Phi) is 8.87. The van der Waals surface area contributed by atoms with E-state index in [9.17, 15) is 32.4 Å². The van der Waals surface area contributed by atoms with Crippen molar-refractivity contribution in [3.8, 4) is 17.8 Å². The first kappa shape index (κ1) is 29.1. The summed E-state index contributed by atoms with van der Waals surface area (Å²) in [5.41, 5.74) is 0.689. The highest BCUT2D eigenvalue weighted by Crippen LogP contribution is 2.30. The predicted molar refractivity (Wildman–Crippen MR) is 130 cm³/mol. The number of hydrogen-bond acceptors (Lipinski definition) is 7. The molecule has 0 saturated carbocycles. The predicted octanol–water partition coefficient (Wildman–Crippen LogP) is 4.36. The molecule has 2 heterocycles. The molecule has 39 heavy (non-hydrogen) atoms. The summed E-state index contributed by atoms with van der Waals surface area (Å²) in [6.07, 6.45) is -6.73. The van der Waals surface area contributed by atoms with Crippen LogP contribution in [0.4, 0.5) is 23.2 Å². The Labute approximate surface area is 220 Å². The third-order valence-electron chi connectivity index (χ3n) is 5.18. The molecule has 3 rings (SSSR count). The van der Waals surface area contributed by atoms with Gasteiger partial charge in [-0.1, -0.05) is 6.07 Å². The number of pyridine rings is 1. The Morgan fingerprint density at radius 2 is 1.90 bits per heavy atom. The lowest BCUT2D eigenvalue weighted by Gasteiger charge is -2.18. The second kappa shape index (κ2) is 11.9. The molecule has 0 fully saturated rings. The monoisotopic (exact) mass is 548 g/mol. The third kappa shape index (κ3) is 6.68. The van der Waals surface area contributed by atoms with Crippen molar-refractivity contribution in [2.75, 3.05) is 12.2 Å². The second-order valence-corrected chi connectivity index (χ2v) is 8.59. The van der Waals surface area contributed by atoms with Crippen molar-refractivity contribution in [2.45, 2.75) is 46.2 Å². The number of anilines is 1. The first-order chi connectivity index (χ1) is 18.4. The molecule has 0 saturated heterocycles. The molecule has 3 aromatic rings. The van der Waals surface area contributed by atoms with Gasteiger partial charge in [0, 0.05) is 18.3 Å². The molecule has 2 aromatic heterocycles. The highest BCUT2D eigenvalue weighted by molar-refractivity contribution is 6.09. The number of benzene rings is 1. The van der Waals surface area contributed by atoms with E-state index in [-0.39, 0.29) is 34.4 Å². The van der Waals surface area contributed by atoms with Crippen LogP contribution in [-0.4, -0.2) is 51.9 Å². The Balaban J connectivity index is 2.08. The van der Waals surface area contributed by atoms with Gasteiger partial charge in [-0.25, -0.2) is 18.4 Å². The lowest BCUT2D eigenvalue weighted by molar-refractivity contribution is -0.299. The summed E-state index contributed by atoms with van der Waals surface area (Å²) in [5, 5.41) is 18.4. The average molecular weight is 548 g/mol. The van der Waals surface area contributed by atoms with Crippen LogP contribution in [0.1, 0.15) is 51.4 Å². The van der Waals surface area contributed by atoms with Gasteiger partial charge in [0.25, 0.3) is 11.8 Å². The summed E-state index contributed by atoms with van der Waals surface area (Å²) in [6.45, 7) is 4.80. The van der Waals surface area contributed by atoms with E-state index in [0.29, 0.717) is 11.1 Å². The standard InChI is InChI=1S/C25H24F4N6O4/c1-13(2)32-22(36)17-9-16(11-30)8-15(4)20(17)33-23(37)18-10-19(39-25(28,29)24(27)38-12-26)34-35(18)21-14(3)6-5-7-31-21/h5-10,13,24H,12H2,1-4H3,(H,32,36)(H,33,37). The number of halogens is 4. The van der Waals surface area contributed by atoms with E-state index in [4.69, 9.17) is 0 Å². The highest BCUT2D eigenvalue weighted by atomic mass is 19.3. The largest absolute Gasteiger partial charge is 0.457 e. The van der Waals surface area contributed by atoms with Crippen molar-refractivity contribution in [3.05, 3.63) is 64.5 Å². The lowest BCUT2D eigenvalue weighted by atomic mass is 10.0. The zero-order valence-corrected chi connectivity index (χ0v) is 21.3. The molecule has 0 radical (unpaired) electrons. The first-order valence-electron chi connectivity index (χ1n) is 11.4. The highest BCUT2D eigenvalue weighted by Gasteiger charge is 2.45. The van der Waals surface area contributed by atoms with E-state index in [0.717, 1.165) is 10.7 Å².